The lowest BCUT2D eigenvalue weighted by atomic mass is 10.2. The van der Waals surface area contributed by atoms with Crippen LogP contribution in [-0.4, -0.2) is 10.9 Å². The van der Waals surface area contributed by atoms with E-state index in [4.69, 9.17) is 0 Å². The highest BCUT2D eigenvalue weighted by Gasteiger charge is 2.06. The number of aromatic nitrogens is 1. The molecule has 3 heterocycles. The van der Waals surface area contributed by atoms with Crippen molar-refractivity contribution < 1.29 is 4.79 Å². The van der Waals surface area contributed by atoms with E-state index in [1.54, 1.807) is 17.5 Å². The van der Waals surface area contributed by atoms with E-state index in [1.807, 2.05) is 34.5 Å². The van der Waals surface area contributed by atoms with Gasteiger partial charge in [0.25, 0.3) is 5.91 Å². The molecule has 0 spiro atoms. The van der Waals surface area contributed by atoms with Crippen LogP contribution < -0.4 is 5.32 Å². The van der Waals surface area contributed by atoms with Crippen molar-refractivity contribution in [2.75, 3.05) is 0 Å². The summed E-state index contributed by atoms with van der Waals surface area (Å²) in [7, 11) is 0. The van der Waals surface area contributed by atoms with Crippen LogP contribution in [0.25, 0.3) is 10.4 Å². The van der Waals surface area contributed by atoms with Crippen molar-refractivity contribution in [3.8, 4) is 10.4 Å². The first-order valence-electron chi connectivity index (χ1n) is 6.11. The molecule has 0 aliphatic carbocycles. The van der Waals surface area contributed by atoms with E-state index in [2.05, 4.69) is 22.4 Å². The van der Waals surface area contributed by atoms with Crippen molar-refractivity contribution in [2.24, 2.45) is 0 Å². The van der Waals surface area contributed by atoms with E-state index in [0.717, 1.165) is 11.1 Å². The second kappa shape index (κ2) is 5.98. The fourth-order valence-electron chi connectivity index (χ4n) is 1.84. The van der Waals surface area contributed by atoms with Crippen LogP contribution in [0.15, 0.2) is 52.8 Å². The van der Waals surface area contributed by atoms with Crippen molar-refractivity contribution in [3.05, 3.63) is 63.9 Å². The van der Waals surface area contributed by atoms with E-state index in [1.165, 1.54) is 16.2 Å². The molecule has 20 heavy (non-hydrogen) atoms. The van der Waals surface area contributed by atoms with Crippen LogP contribution in [0.2, 0.25) is 0 Å². The Balaban J connectivity index is 1.69. The predicted molar refractivity (Wildman–Crippen MR) is 83.0 cm³/mol. The van der Waals surface area contributed by atoms with Gasteiger partial charge in [-0.25, -0.2) is 0 Å². The summed E-state index contributed by atoms with van der Waals surface area (Å²) in [6, 6.07) is 7.97. The lowest BCUT2D eigenvalue weighted by molar-refractivity contribution is 0.0951. The highest BCUT2D eigenvalue weighted by molar-refractivity contribution is 7.13. The van der Waals surface area contributed by atoms with Crippen LogP contribution in [0.3, 0.4) is 0 Å². The van der Waals surface area contributed by atoms with E-state index >= 15 is 0 Å². The third-order valence-corrected chi connectivity index (χ3v) is 4.44. The van der Waals surface area contributed by atoms with E-state index in [0.29, 0.717) is 12.1 Å². The molecule has 0 atom stereocenters. The average Bonchev–Trinajstić information content (AvgIpc) is 3.17. The van der Waals surface area contributed by atoms with Gasteiger partial charge in [0.2, 0.25) is 0 Å². The normalized spacial score (nSPS) is 10.4. The summed E-state index contributed by atoms with van der Waals surface area (Å²) in [6.45, 7) is 0.487. The van der Waals surface area contributed by atoms with Gasteiger partial charge < -0.3 is 5.32 Å². The van der Waals surface area contributed by atoms with E-state index < -0.39 is 0 Å². The first-order valence-corrected chi connectivity index (χ1v) is 7.93. The first kappa shape index (κ1) is 13.0. The lowest BCUT2D eigenvalue weighted by Gasteiger charge is -2.05. The van der Waals surface area contributed by atoms with Gasteiger partial charge in [-0.15, -0.1) is 11.3 Å². The quantitative estimate of drug-likeness (QED) is 0.796. The topological polar surface area (TPSA) is 42.0 Å². The molecular weight excluding hydrogens is 288 g/mol. The number of hydrogen-bond acceptors (Lipinski definition) is 4. The Morgan fingerprint density at radius 3 is 2.95 bits per heavy atom. The van der Waals surface area contributed by atoms with Gasteiger partial charge in [0, 0.05) is 40.3 Å². The lowest BCUT2D eigenvalue weighted by Crippen LogP contribution is -2.22. The van der Waals surface area contributed by atoms with Crippen molar-refractivity contribution in [2.45, 2.75) is 6.54 Å². The minimum atomic E-state index is -0.0484. The van der Waals surface area contributed by atoms with Gasteiger partial charge in [0.1, 0.15) is 0 Å². The summed E-state index contributed by atoms with van der Waals surface area (Å²) >= 11 is 3.20. The summed E-state index contributed by atoms with van der Waals surface area (Å²) in [5.41, 5.74) is 2.79. The molecule has 0 aliphatic heterocycles. The van der Waals surface area contributed by atoms with Gasteiger partial charge >= 0.3 is 0 Å². The molecule has 0 unspecified atom stereocenters. The zero-order valence-electron chi connectivity index (χ0n) is 10.6. The minimum Gasteiger partial charge on any atom is -0.348 e. The van der Waals surface area contributed by atoms with Crippen molar-refractivity contribution in [1.82, 2.24) is 10.3 Å². The fourth-order valence-corrected chi connectivity index (χ4v) is 3.18. The van der Waals surface area contributed by atoms with Crippen LogP contribution in [0.4, 0.5) is 0 Å². The summed E-state index contributed by atoms with van der Waals surface area (Å²) in [5.74, 6) is -0.0484. The smallest absolute Gasteiger partial charge is 0.252 e. The molecule has 0 bridgehead atoms. The van der Waals surface area contributed by atoms with Gasteiger partial charge in [0.15, 0.2) is 0 Å². The number of rotatable bonds is 4. The number of pyridine rings is 1. The Morgan fingerprint density at radius 1 is 1.25 bits per heavy atom. The van der Waals surface area contributed by atoms with E-state index in [-0.39, 0.29) is 5.91 Å². The van der Waals surface area contributed by atoms with Gasteiger partial charge in [-0.05, 0) is 34.5 Å². The molecule has 100 valence electrons. The Bertz CT molecular complexity index is 691. The number of carbonyl (C=O) groups excluding carboxylic acids is 1. The molecule has 3 nitrogen and oxygen atoms in total. The summed E-state index contributed by atoms with van der Waals surface area (Å²) < 4.78 is 0. The number of amides is 1. The highest BCUT2D eigenvalue weighted by atomic mass is 32.1. The average molecular weight is 300 g/mol. The maximum Gasteiger partial charge on any atom is 0.252 e. The number of carbonyl (C=O) groups is 1. The SMILES string of the molecule is O=C(NCc1cncc(-c2cccs2)c1)c1ccsc1. The zero-order chi connectivity index (χ0) is 13.8. The molecule has 0 fully saturated rings. The molecule has 0 saturated heterocycles. The summed E-state index contributed by atoms with van der Waals surface area (Å²) in [4.78, 5) is 17.3. The van der Waals surface area contributed by atoms with Crippen LogP contribution in [-0.2, 0) is 6.54 Å². The largest absolute Gasteiger partial charge is 0.348 e. The molecule has 1 N–H and O–H groups in total. The third-order valence-electron chi connectivity index (χ3n) is 2.84. The number of nitrogens with one attached hydrogen (secondary N) is 1. The van der Waals surface area contributed by atoms with Crippen LogP contribution in [0.5, 0.6) is 0 Å². The third kappa shape index (κ3) is 2.95. The second-order valence-electron chi connectivity index (χ2n) is 4.25. The Kier molecular flexibility index (Phi) is 3.90. The Morgan fingerprint density at radius 2 is 2.20 bits per heavy atom. The van der Waals surface area contributed by atoms with Gasteiger partial charge in [-0.2, -0.15) is 11.3 Å². The van der Waals surface area contributed by atoms with Crippen molar-refractivity contribution >= 4 is 28.6 Å². The molecule has 3 aromatic heterocycles. The maximum absolute atomic E-state index is 11.9. The molecule has 3 aromatic rings. The first-order chi connectivity index (χ1) is 9.83. The molecule has 0 aromatic carbocycles. The Hall–Kier alpha value is -1.98. The van der Waals surface area contributed by atoms with Gasteiger partial charge in [-0.3, -0.25) is 9.78 Å². The minimum absolute atomic E-state index is 0.0484. The Labute approximate surface area is 124 Å². The fraction of sp³-hybridized carbons (Fsp3) is 0.0667. The highest BCUT2D eigenvalue weighted by Crippen LogP contribution is 2.24. The monoisotopic (exact) mass is 300 g/mol. The summed E-state index contributed by atoms with van der Waals surface area (Å²) in [5, 5.41) is 8.69. The summed E-state index contributed by atoms with van der Waals surface area (Å²) in [6.07, 6.45) is 3.63. The number of hydrogen-bond donors (Lipinski definition) is 1. The zero-order valence-corrected chi connectivity index (χ0v) is 12.2. The van der Waals surface area contributed by atoms with Crippen LogP contribution >= 0.6 is 22.7 Å². The number of thiophene rings is 2. The molecule has 0 saturated carbocycles. The van der Waals surface area contributed by atoms with Crippen molar-refractivity contribution in [3.63, 3.8) is 0 Å². The number of nitrogens with zero attached hydrogens (tertiary/aromatic N) is 1. The molecule has 0 radical (unpaired) electrons. The van der Waals surface area contributed by atoms with Crippen LogP contribution in [0.1, 0.15) is 15.9 Å². The van der Waals surface area contributed by atoms with Gasteiger partial charge in [-0.1, -0.05) is 6.07 Å². The predicted octanol–water partition coefficient (Wildman–Crippen LogP) is 3.80. The molecule has 3 rings (SSSR count). The standard InChI is InChI=1S/C15H12N2OS2/c18-15(12-3-5-19-10-12)17-8-11-6-13(9-16-7-11)14-2-1-4-20-14/h1-7,9-10H,8H2,(H,17,18). The van der Waals surface area contributed by atoms with Crippen molar-refractivity contribution in [1.29, 1.82) is 0 Å². The van der Waals surface area contributed by atoms with Crippen LogP contribution in [0, 0.1) is 0 Å². The molecular formula is C15H12N2OS2. The molecule has 5 heteroatoms. The second-order valence-corrected chi connectivity index (χ2v) is 5.98. The maximum atomic E-state index is 11.9. The molecule has 1 amide bonds. The van der Waals surface area contributed by atoms with E-state index in [9.17, 15) is 4.79 Å². The van der Waals surface area contributed by atoms with Gasteiger partial charge in [0.05, 0.1) is 0 Å². The molecule has 0 aliphatic rings.